The van der Waals surface area contributed by atoms with E-state index in [9.17, 15) is 0 Å². The molecule has 1 aromatic heterocycles. The molecule has 0 amide bonds. The summed E-state index contributed by atoms with van der Waals surface area (Å²) < 4.78 is 0. The van der Waals surface area contributed by atoms with E-state index in [1.165, 1.54) is 30.4 Å². The first kappa shape index (κ1) is 14.3. The van der Waals surface area contributed by atoms with Crippen LogP contribution < -0.4 is 5.32 Å². The lowest BCUT2D eigenvalue weighted by molar-refractivity contribution is 0.521. The topological polar surface area (TPSA) is 24.9 Å². The van der Waals surface area contributed by atoms with Gasteiger partial charge in [0.1, 0.15) is 0 Å². The van der Waals surface area contributed by atoms with Crippen LogP contribution in [0, 0.1) is 0 Å². The van der Waals surface area contributed by atoms with Crippen molar-refractivity contribution >= 4 is 0 Å². The molecule has 3 rings (SSSR count). The Morgan fingerprint density at radius 2 is 1.95 bits per heavy atom. The molecule has 0 fully saturated rings. The van der Waals surface area contributed by atoms with Crippen LogP contribution >= 0.6 is 0 Å². The lowest BCUT2D eigenvalue weighted by Gasteiger charge is -2.18. The maximum atomic E-state index is 4.22. The summed E-state index contributed by atoms with van der Waals surface area (Å²) >= 11 is 0. The van der Waals surface area contributed by atoms with Gasteiger partial charge in [-0.1, -0.05) is 31.2 Å². The average molecular weight is 280 g/mol. The van der Waals surface area contributed by atoms with Crippen molar-refractivity contribution in [1.82, 2.24) is 10.3 Å². The van der Waals surface area contributed by atoms with Gasteiger partial charge in [-0.05, 0) is 67.0 Å². The average Bonchev–Trinajstić information content (AvgIpc) is 2.96. The van der Waals surface area contributed by atoms with E-state index < -0.39 is 0 Å². The minimum Gasteiger partial charge on any atom is -0.314 e. The molecule has 1 aliphatic rings. The second-order valence-corrected chi connectivity index (χ2v) is 5.98. The predicted octanol–water partition coefficient (Wildman–Crippen LogP) is 3.33. The van der Waals surface area contributed by atoms with Crippen LogP contribution in [0.3, 0.4) is 0 Å². The monoisotopic (exact) mass is 280 g/mol. The Kier molecular flexibility index (Phi) is 4.66. The summed E-state index contributed by atoms with van der Waals surface area (Å²) in [4.78, 5) is 4.22. The third kappa shape index (κ3) is 3.70. The highest BCUT2D eigenvalue weighted by molar-refractivity contribution is 5.35. The normalized spacial score (nSPS) is 14.9. The highest BCUT2D eigenvalue weighted by Crippen LogP contribution is 2.23. The van der Waals surface area contributed by atoms with Gasteiger partial charge in [0.15, 0.2) is 0 Å². The molecule has 21 heavy (non-hydrogen) atoms. The molecule has 1 atom stereocenters. The van der Waals surface area contributed by atoms with Crippen molar-refractivity contribution in [3.63, 3.8) is 0 Å². The molecule has 0 spiro atoms. The number of hydrogen-bond acceptors (Lipinski definition) is 2. The first-order valence-corrected chi connectivity index (χ1v) is 8.08. The van der Waals surface area contributed by atoms with Gasteiger partial charge in [0.2, 0.25) is 0 Å². The molecular formula is C19H24N2. The molecule has 1 heterocycles. The number of fused-ring (bicyclic) bond motifs is 1. The summed E-state index contributed by atoms with van der Waals surface area (Å²) in [5.41, 5.74) is 5.91. The van der Waals surface area contributed by atoms with E-state index in [4.69, 9.17) is 0 Å². The third-order valence-electron chi connectivity index (χ3n) is 4.34. The Hall–Kier alpha value is -1.67. The second kappa shape index (κ2) is 6.86. The van der Waals surface area contributed by atoms with Crippen LogP contribution in [0.1, 0.15) is 35.6 Å². The van der Waals surface area contributed by atoms with Gasteiger partial charge in [0, 0.05) is 18.4 Å². The molecule has 0 aliphatic heterocycles. The van der Waals surface area contributed by atoms with Crippen molar-refractivity contribution in [3.8, 4) is 0 Å². The molecule has 0 radical (unpaired) electrons. The maximum Gasteiger partial charge on any atom is 0.0300 e. The number of nitrogens with zero attached hydrogens (tertiary/aromatic N) is 1. The molecule has 1 aliphatic carbocycles. The fraction of sp³-hybridized carbons (Fsp3) is 0.421. The standard InChI is InChI=1S/C19H24N2/c1-2-21-19(13-16-5-4-10-20-14-16)12-15-8-9-17-6-3-7-18(17)11-15/h4-5,8-11,14,19,21H,2-3,6-7,12-13H2,1H3. The zero-order chi connectivity index (χ0) is 14.5. The van der Waals surface area contributed by atoms with Gasteiger partial charge in [-0.2, -0.15) is 0 Å². The Labute approximate surface area is 127 Å². The van der Waals surface area contributed by atoms with E-state index in [1.54, 1.807) is 11.1 Å². The predicted molar refractivity (Wildman–Crippen MR) is 87.6 cm³/mol. The van der Waals surface area contributed by atoms with Gasteiger partial charge in [0.25, 0.3) is 0 Å². The molecule has 0 saturated heterocycles. The fourth-order valence-electron chi connectivity index (χ4n) is 3.35. The zero-order valence-electron chi connectivity index (χ0n) is 12.8. The number of aryl methyl sites for hydroxylation is 2. The van der Waals surface area contributed by atoms with Crippen LogP contribution in [-0.4, -0.2) is 17.6 Å². The molecule has 2 nitrogen and oxygen atoms in total. The van der Waals surface area contributed by atoms with Gasteiger partial charge in [-0.15, -0.1) is 0 Å². The molecule has 2 aromatic rings. The van der Waals surface area contributed by atoms with E-state index >= 15 is 0 Å². The first-order chi connectivity index (χ1) is 10.3. The molecule has 1 unspecified atom stereocenters. The molecule has 0 bridgehead atoms. The van der Waals surface area contributed by atoms with Gasteiger partial charge in [0.05, 0.1) is 0 Å². The van der Waals surface area contributed by atoms with E-state index in [1.807, 2.05) is 18.5 Å². The number of aromatic nitrogens is 1. The molecular weight excluding hydrogens is 256 g/mol. The molecule has 0 saturated carbocycles. The number of pyridine rings is 1. The Morgan fingerprint density at radius 1 is 1.10 bits per heavy atom. The van der Waals surface area contributed by atoms with Crippen molar-refractivity contribution in [3.05, 3.63) is 65.0 Å². The number of nitrogens with one attached hydrogen (secondary N) is 1. The lowest BCUT2D eigenvalue weighted by Crippen LogP contribution is -2.33. The van der Waals surface area contributed by atoms with Gasteiger partial charge < -0.3 is 5.32 Å². The van der Waals surface area contributed by atoms with Crippen LogP contribution in [0.15, 0.2) is 42.7 Å². The van der Waals surface area contributed by atoms with Crippen molar-refractivity contribution in [2.24, 2.45) is 0 Å². The van der Waals surface area contributed by atoms with E-state index in [0.29, 0.717) is 6.04 Å². The highest BCUT2D eigenvalue weighted by Gasteiger charge is 2.14. The van der Waals surface area contributed by atoms with Gasteiger partial charge in [-0.25, -0.2) is 0 Å². The van der Waals surface area contributed by atoms with Crippen LogP contribution in [0.4, 0.5) is 0 Å². The van der Waals surface area contributed by atoms with Crippen LogP contribution in [0.25, 0.3) is 0 Å². The Balaban J connectivity index is 1.70. The Bertz CT molecular complexity index is 577. The summed E-state index contributed by atoms with van der Waals surface area (Å²) in [7, 11) is 0. The minimum atomic E-state index is 0.485. The quantitative estimate of drug-likeness (QED) is 0.878. The second-order valence-electron chi connectivity index (χ2n) is 5.98. The number of likely N-dealkylation sites (N-methyl/N-ethyl adjacent to an activating group) is 1. The van der Waals surface area contributed by atoms with Crippen LogP contribution in [-0.2, 0) is 25.7 Å². The number of benzene rings is 1. The number of rotatable bonds is 6. The van der Waals surface area contributed by atoms with Crippen LogP contribution in [0.2, 0.25) is 0 Å². The van der Waals surface area contributed by atoms with E-state index in [-0.39, 0.29) is 0 Å². The molecule has 1 N–H and O–H groups in total. The SMILES string of the molecule is CCNC(Cc1cccnc1)Cc1ccc2c(c1)CCC2. The smallest absolute Gasteiger partial charge is 0.0300 e. The summed E-state index contributed by atoms with van der Waals surface area (Å²) in [6.07, 6.45) is 9.80. The van der Waals surface area contributed by atoms with Crippen LogP contribution in [0.5, 0.6) is 0 Å². The minimum absolute atomic E-state index is 0.485. The highest BCUT2D eigenvalue weighted by atomic mass is 14.9. The van der Waals surface area contributed by atoms with Gasteiger partial charge in [-0.3, -0.25) is 4.98 Å². The summed E-state index contributed by atoms with van der Waals surface area (Å²) in [6.45, 7) is 3.19. The zero-order valence-corrected chi connectivity index (χ0v) is 12.8. The van der Waals surface area contributed by atoms with Crippen molar-refractivity contribution in [2.45, 2.75) is 45.1 Å². The fourth-order valence-corrected chi connectivity index (χ4v) is 3.35. The van der Waals surface area contributed by atoms with Crippen molar-refractivity contribution in [2.75, 3.05) is 6.54 Å². The molecule has 2 heteroatoms. The maximum absolute atomic E-state index is 4.22. The lowest BCUT2D eigenvalue weighted by atomic mass is 9.97. The van der Waals surface area contributed by atoms with Gasteiger partial charge >= 0.3 is 0 Å². The van der Waals surface area contributed by atoms with E-state index in [0.717, 1.165) is 19.4 Å². The molecule has 110 valence electrons. The first-order valence-electron chi connectivity index (χ1n) is 8.08. The Morgan fingerprint density at radius 3 is 2.76 bits per heavy atom. The summed E-state index contributed by atoms with van der Waals surface area (Å²) in [5, 5.41) is 3.62. The molecule has 1 aromatic carbocycles. The van der Waals surface area contributed by atoms with E-state index in [2.05, 4.69) is 41.5 Å². The summed E-state index contributed by atoms with van der Waals surface area (Å²) in [6, 6.07) is 11.8. The third-order valence-corrected chi connectivity index (χ3v) is 4.34. The largest absolute Gasteiger partial charge is 0.314 e. The summed E-state index contributed by atoms with van der Waals surface area (Å²) in [5.74, 6) is 0. The number of hydrogen-bond donors (Lipinski definition) is 1. The van der Waals surface area contributed by atoms with Crippen molar-refractivity contribution < 1.29 is 0 Å². The van der Waals surface area contributed by atoms with Crippen molar-refractivity contribution in [1.29, 1.82) is 0 Å².